The summed E-state index contributed by atoms with van der Waals surface area (Å²) in [6.45, 7) is 0.731. The smallest absolute Gasteiger partial charge is 0.164 e. The molecule has 12 bridgehead atoms. The second-order valence-corrected chi connectivity index (χ2v) is 16.0. The van der Waals surface area contributed by atoms with Gasteiger partial charge in [0, 0.05) is 43.8 Å². The molecular weight excluding hydrogens is 657 g/mol. The van der Waals surface area contributed by atoms with Gasteiger partial charge in [0.1, 0.15) is 28.3 Å². The van der Waals surface area contributed by atoms with Crippen molar-refractivity contribution in [2.24, 2.45) is 23.2 Å². The number of rotatable bonds is 4. The van der Waals surface area contributed by atoms with Crippen LogP contribution in [0.5, 0.6) is 5.75 Å². The maximum Gasteiger partial charge on any atom is 0.164 e. The molecule has 7 aromatic rings. The molecule has 9 nitrogen and oxygen atoms in total. The molecular formula is C44H36N8O. The molecule has 53 heavy (non-hydrogen) atoms. The van der Waals surface area contributed by atoms with Gasteiger partial charge in [-0.2, -0.15) is 0 Å². The number of ether oxygens (including phenoxy) is 1. The molecule has 6 aliphatic rings. The van der Waals surface area contributed by atoms with Crippen LogP contribution >= 0.6 is 0 Å². The summed E-state index contributed by atoms with van der Waals surface area (Å²) in [5, 5.41) is 3.81. The Morgan fingerprint density at radius 2 is 0.906 bits per heavy atom. The Kier molecular flexibility index (Phi) is 6.16. The first-order chi connectivity index (χ1) is 26.1. The molecule has 0 amide bonds. The van der Waals surface area contributed by atoms with E-state index in [9.17, 15) is 0 Å². The van der Waals surface area contributed by atoms with Crippen molar-refractivity contribution < 1.29 is 4.74 Å². The highest BCUT2D eigenvalue weighted by atomic mass is 16.5. The standard InChI is InChI=1S/C44H36N8O/c1-2-8-29-28(7-1)36-45-37(29)47-39-32-11-5-6-12-33(32)41(49-39)51-43-35-20-27(53-16-15-44-21-24-17-25(22-44)19-26(18-24)23-44)13-14-34(35)42(52-43)50-40-31-10-4-3-9-30(31)38(46-36)48-40/h1-14,20,24-26H,15-19,21-23H2,(H2,45,46,47,48,49,50,51,52). The van der Waals surface area contributed by atoms with E-state index in [-0.39, 0.29) is 0 Å². The maximum atomic E-state index is 6.57. The first-order valence-corrected chi connectivity index (χ1v) is 19.0. The quantitative estimate of drug-likeness (QED) is 0.189. The molecule has 0 radical (unpaired) electrons. The summed E-state index contributed by atoms with van der Waals surface area (Å²) >= 11 is 0. The first-order valence-electron chi connectivity index (χ1n) is 19.0. The van der Waals surface area contributed by atoms with Crippen molar-refractivity contribution in [1.82, 2.24) is 39.9 Å². The number of hydrogen-bond acceptors (Lipinski definition) is 7. The number of H-pyrrole nitrogens is 2. The Hall–Kier alpha value is -5.96. The van der Waals surface area contributed by atoms with Crippen LogP contribution in [0, 0.1) is 23.2 Å². The fourth-order valence-electron chi connectivity index (χ4n) is 10.7. The minimum atomic E-state index is 0.474. The lowest BCUT2D eigenvalue weighted by Crippen LogP contribution is -2.46. The van der Waals surface area contributed by atoms with Gasteiger partial charge in [-0.05, 0) is 86.3 Å². The monoisotopic (exact) mass is 692 g/mol. The van der Waals surface area contributed by atoms with E-state index in [4.69, 9.17) is 34.6 Å². The van der Waals surface area contributed by atoms with Crippen LogP contribution in [0.1, 0.15) is 44.9 Å². The Morgan fingerprint density at radius 3 is 1.38 bits per heavy atom. The van der Waals surface area contributed by atoms with E-state index in [0.717, 1.165) is 80.3 Å². The largest absolute Gasteiger partial charge is 0.494 e. The first kappa shape index (κ1) is 29.6. The molecule has 13 rings (SSSR count). The van der Waals surface area contributed by atoms with Gasteiger partial charge in [-0.3, -0.25) is 0 Å². The summed E-state index contributed by atoms with van der Waals surface area (Å²) in [5.41, 5.74) is 6.86. The lowest BCUT2D eigenvalue weighted by Gasteiger charge is -2.57. The molecule has 4 aromatic carbocycles. The lowest BCUT2D eigenvalue weighted by atomic mass is 9.49. The number of fused-ring (bicyclic) bond motifs is 20. The predicted molar refractivity (Wildman–Crippen MR) is 207 cm³/mol. The second kappa shape index (κ2) is 11.0. The molecule has 2 aliphatic heterocycles. The van der Waals surface area contributed by atoms with Crippen molar-refractivity contribution in [3.05, 3.63) is 91.0 Å². The highest BCUT2D eigenvalue weighted by Crippen LogP contribution is 2.61. The topological polar surface area (TPSA) is 118 Å². The van der Waals surface area contributed by atoms with Gasteiger partial charge in [0.05, 0.1) is 6.61 Å². The minimum Gasteiger partial charge on any atom is -0.494 e. The van der Waals surface area contributed by atoms with E-state index in [1.54, 1.807) is 0 Å². The summed E-state index contributed by atoms with van der Waals surface area (Å²) in [6.07, 6.45) is 9.69. The van der Waals surface area contributed by atoms with Gasteiger partial charge in [-0.25, -0.2) is 29.9 Å². The second-order valence-electron chi connectivity index (χ2n) is 16.0. The third-order valence-corrected chi connectivity index (χ3v) is 12.6. The highest BCUT2D eigenvalue weighted by Gasteiger charge is 2.50. The molecule has 0 saturated heterocycles. The summed E-state index contributed by atoms with van der Waals surface area (Å²) in [6, 6.07) is 30.7. The van der Waals surface area contributed by atoms with Crippen molar-refractivity contribution in [3.8, 4) is 51.3 Å². The number of aromatic nitrogens is 8. The normalized spacial score (nSPS) is 22.3. The van der Waals surface area contributed by atoms with E-state index in [1.165, 1.54) is 38.5 Å². The van der Waals surface area contributed by atoms with E-state index in [2.05, 4.69) is 52.4 Å². The van der Waals surface area contributed by atoms with Crippen molar-refractivity contribution in [3.63, 3.8) is 0 Å². The maximum absolute atomic E-state index is 6.57. The van der Waals surface area contributed by atoms with Crippen LogP contribution in [0.3, 0.4) is 0 Å². The lowest BCUT2D eigenvalue weighted by molar-refractivity contribution is -0.0622. The number of hydrogen-bond donors (Lipinski definition) is 2. The third-order valence-electron chi connectivity index (χ3n) is 12.6. The van der Waals surface area contributed by atoms with Crippen molar-refractivity contribution >= 4 is 44.1 Å². The zero-order valence-corrected chi connectivity index (χ0v) is 29.1. The summed E-state index contributed by atoms with van der Waals surface area (Å²) in [5.74, 6) is 6.02. The van der Waals surface area contributed by atoms with E-state index >= 15 is 0 Å². The average Bonchev–Trinajstić information content (AvgIpc) is 3.90. The molecule has 4 saturated carbocycles. The van der Waals surface area contributed by atoms with Crippen LogP contribution < -0.4 is 4.74 Å². The number of benzene rings is 4. The van der Waals surface area contributed by atoms with Gasteiger partial charge in [0.15, 0.2) is 23.3 Å². The number of nitrogens with one attached hydrogen (secondary N) is 2. The van der Waals surface area contributed by atoms with E-state index < -0.39 is 0 Å². The number of aromatic amines is 2. The van der Waals surface area contributed by atoms with E-state index in [1.807, 2.05) is 48.5 Å². The molecule has 0 unspecified atom stereocenters. The fraction of sp³-hybridized carbons (Fsp3) is 0.273. The molecule has 4 aliphatic carbocycles. The van der Waals surface area contributed by atoms with Gasteiger partial charge < -0.3 is 14.7 Å². The summed E-state index contributed by atoms with van der Waals surface area (Å²) < 4.78 is 6.57. The zero-order valence-electron chi connectivity index (χ0n) is 29.1. The van der Waals surface area contributed by atoms with Gasteiger partial charge >= 0.3 is 0 Å². The van der Waals surface area contributed by atoms with Gasteiger partial charge in [-0.15, -0.1) is 0 Å². The molecule has 9 heteroatoms. The Balaban J connectivity index is 1.04. The zero-order chi connectivity index (χ0) is 34.7. The Morgan fingerprint density at radius 1 is 0.491 bits per heavy atom. The van der Waals surface area contributed by atoms with E-state index in [0.29, 0.717) is 51.3 Å². The van der Waals surface area contributed by atoms with Crippen LogP contribution in [-0.2, 0) is 0 Å². The molecule has 0 spiro atoms. The van der Waals surface area contributed by atoms with Crippen LogP contribution in [0.15, 0.2) is 91.0 Å². The SMILES string of the molecule is c1ccc2c(c1)-c1nc-2nc2[nH]c(nc3nc(nc4[nH]c(n1)c1ccccc41)-c1ccc(OCCC45CC6CC(CC(C6)C4)C5)cc1-3)c1ccccc21. The van der Waals surface area contributed by atoms with Gasteiger partial charge in [0.2, 0.25) is 0 Å². The molecule has 3 aromatic heterocycles. The van der Waals surface area contributed by atoms with Crippen molar-refractivity contribution in [2.75, 3.05) is 6.61 Å². The van der Waals surface area contributed by atoms with Crippen molar-refractivity contribution in [1.29, 1.82) is 0 Å². The molecule has 0 atom stereocenters. The third kappa shape index (κ3) is 4.69. The highest BCUT2D eigenvalue weighted by molar-refractivity contribution is 6.06. The minimum absolute atomic E-state index is 0.474. The van der Waals surface area contributed by atoms with Crippen LogP contribution in [0.2, 0.25) is 0 Å². The Labute approximate surface area is 305 Å². The molecule has 258 valence electrons. The predicted octanol–water partition coefficient (Wildman–Crippen LogP) is 9.85. The van der Waals surface area contributed by atoms with Gasteiger partial charge in [0.25, 0.3) is 0 Å². The fourth-order valence-corrected chi connectivity index (χ4v) is 10.7. The average molecular weight is 693 g/mol. The van der Waals surface area contributed by atoms with Gasteiger partial charge in [-0.1, -0.05) is 72.8 Å². The van der Waals surface area contributed by atoms with Crippen LogP contribution in [-0.4, -0.2) is 46.5 Å². The Bertz CT molecular complexity index is 2790. The molecule has 5 heterocycles. The van der Waals surface area contributed by atoms with Crippen LogP contribution in [0.25, 0.3) is 89.7 Å². The summed E-state index contributed by atoms with van der Waals surface area (Å²) in [4.78, 5) is 37.7. The number of nitrogens with zero attached hydrogens (tertiary/aromatic N) is 6. The van der Waals surface area contributed by atoms with Crippen LogP contribution in [0.4, 0.5) is 0 Å². The molecule has 2 N–H and O–H groups in total. The summed E-state index contributed by atoms with van der Waals surface area (Å²) in [7, 11) is 0. The van der Waals surface area contributed by atoms with Crippen molar-refractivity contribution in [2.45, 2.75) is 44.9 Å². The molecule has 4 fully saturated rings.